The van der Waals surface area contributed by atoms with E-state index in [4.69, 9.17) is 11.6 Å². The zero-order valence-electron chi connectivity index (χ0n) is 11.0. The summed E-state index contributed by atoms with van der Waals surface area (Å²) in [6, 6.07) is 7.01. The minimum Gasteiger partial charge on any atom is -0.207 e. The van der Waals surface area contributed by atoms with Gasteiger partial charge in [0.25, 0.3) is 0 Å². The Morgan fingerprint density at radius 2 is 1.95 bits per heavy atom. The average molecular weight is 300 g/mol. The number of halogens is 1. The maximum Gasteiger partial charge on any atom is 0.243 e. The molecule has 1 aliphatic heterocycles. The lowest BCUT2D eigenvalue weighted by Gasteiger charge is -2.25. The van der Waals surface area contributed by atoms with Crippen molar-refractivity contribution >= 4 is 21.6 Å². The Morgan fingerprint density at radius 1 is 1.26 bits per heavy atom. The van der Waals surface area contributed by atoms with Gasteiger partial charge in [-0.1, -0.05) is 23.8 Å². The molecule has 104 valence electrons. The number of benzene rings is 1. The Kier molecular flexibility index (Phi) is 4.66. The normalized spacial score (nSPS) is 17.3. The molecule has 0 unspecified atom stereocenters. The number of hydrogen-bond acceptors (Lipinski definition) is 2. The highest BCUT2D eigenvalue weighted by molar-refractivity contribution is 7.89. The molecule has 0 aromatic heterocycles. The van der Waals surface area contributed by atoms with Crippen LogP contribution in [0.4, 0.5) is 0 Å². The van der Waals surface area contributed by atoms with Crippen LogP contribution >= 0.6 is 11.6 Å². The van der Waals surface area contributed by atoms with Gasteiger partial charge in [0.2, 0.25) is 10.0 Å². The molecule has 19 heavy (non-hydrogen) atoms. The van der Waals surface area contributed by atoms with E-state index < -0.39 is 10.0 Å². The van der Waals surface area contributed by atoms with E-state index in [9.17, 15) is 8.42 Å². The van der Waals surface area contributed by atoms with Gasteiger partial charge >= 0.3 is 0 Å². The third kappa shape index (κ3) is 3.38. The second-order valence-corrected chi connectivity index (χ2v) is 7.08. The molecule has 0 saturated heterocycles. The van der Waals surface area contributed by atoms with Gasteiger partial charge in [-0.2, -0.15) is 4.31 Å². The first-order chi connectivity index (χ1) is 9.04. The molecule has 1 aliphatic rings. The zero-order valence-corrected chi connectivity index (χ0v) is 12.5. The van der Waals surface area contributed by atoms with E-state index in [1.807, 2.05) is 19.1 Å². The standard InChI is InChI=1S/C14H18ClNO2S/c1-12-3-2-10-16(11-12)19(17,18)14-6-4-13(5-7-14)8-9-15/h3-7H,2,8-11H2,1H3. The third-order valence-electron chi connectivity index (χ3n) is 3.24. The van der Waals surface area contributed by atoms with Crippen molar-refractivity contribution in [1.29, 1.82) is 0 Å². The van der Waals surface area contributed by atoms with Gasteiger partial charge < -0.3 is 0 Å². The van der Waals surface area contributed by atoms with Crippen LogP contribution in [0, 0.1) is 0 Å². The van der Waals surface area contributed by atoms with Crippen molar-refractivity contribution in [2.45, 2.75) is 24.7 Å². The highest BCUT2D eigenvalue weighted by atomic mass is 35.5. The molecule has 1 aromatic rings. The molecule has 0 aliphatic carbocycles. The molecule has 1 heterocycles. The number of hydrogen-bond donors (Lipinski definition) is 0. The van der Waals surface area contributed by atoms with Crippen molar-refractivity contribution in [2.24, 2.45) is 0 Å². The molecule has 0 bridgehead atoms. The maximum absolute atomic E-state index is 12.5. The number of aryl methyl sites for hydroxylation is 1. The van der Waals surface area contributed by atoms with Gasteiger partial charge in [0.1, 0.15) is 0 Å². The van der Waals surface area contributed by atoms with E-state index in [0.717, 1.165) is 24.0 Å². The van der Waals surface area contributed by atoms with Crippen molar-refractivity contribution in [2.75, 3.05) is 19.0 Å². The summed E-state index contributed by atoms with van der Waals surface area (Å²) < 4.78 is 26.5. The fourth-order valence-corrected chi connectivity index (χ4v) is 3.88. The molecule has 3 nitrogen and oxygen atoms in total. The zero-order chi connectivity index (χ0) is 13.9. The van der Waals surface area contributed by atoms with Crippen LogP contribution in [0.3, 0.4) is 0 Å². The first-order valence-corrected chi connectivity index (χ1v) is 8.32. The van der Waals surface area contributed by atoms with Crippen LogP contribution in [0.2, 0.25) is 0 Å². The minimum atomic E-state index is -3.37. The van der Waals surface area contributed by atoms with Crippen molar-refractivity contribution in [3.63, 3.8) is 0 Å². The first-order valence-electron chi connectivity index (χ1n) is 6.35. The lowest BCUT2D eigenvalue weighted by atomic mass is 10.2. The predicted octanol–water partition coefficient (Wildman–Crippen LogP) is 2.81. The summed E-state index contributed by atoms with van der Waals surface area (Å²) in [6.45, 7) is 3.01. The summed E-state index contributed by atoms with van der Waals surface area (Å²) >= 11 is 5.67. The van der Waals surface area contributed by atoms with E-state index in [0.29, 0.717) is 23.9 Å². The SMILES string of the molecule is CC1=CCCN(S(=O)(=O)c2ccc(CCCl)cc2)C1. The van der Waals surface area contributed by atoms with Crippen LogP contribution in [-0.2, 0) is 16.4 Å². The van der Waals surface area contributed by atoms with Crippen molar-refractivity contribution in [3.05, 3.63) is 41.5 Å². The largest absolute Gasteiger partial charge is 0.243 e. The Bertz CT molecular complexity index is 564. The molecule has 0 radical (unpaired) electrons. The van der Waals surface area contributed by atoms with Gasteiger partial charge in [-0.15, -0.1) is 11.6 Å². The monoisotopic (exact) mass is 299 g/mol. The molecule has 1 aromatic carbocycles. The van der Waals surface area contributed by atoms with Crippen molar-refractivity contribution in [1.82, 2.24) is 4.31 Å². The smallest absolute Gasteiger partial charge is 0.207 e. The Morgan fingerprint density at radius 3 is 2.53 bits per heavy atom. The lowest BCUT2D eigenvalue weighted by Crippen LogP contribution is -2.35. The Labute approximate surface area is 119 Å². The number of sulfonamides is 1. The Hall–Kier alpha value is -0.840. The highest BCUT2D eigenvalue weighted by Crippen LogP contribution is 2.21. The fourth-order valence-electron chi connectivity index (χ4n) is 2.17. The number of nitrogens with zero attached hydrogens (tertiary/aromatic N) is 1. The summed E-state index contributed by atoms with van der Waals surface area (Å²) in [5, 5.41) is 0. The molecular formula is C14H18ClNO2S. The minimum absolute atomic E-state index is 0.362. The van der Waals surface area contributed by atoms with Gasteiger partial charge in [0.15, 0.2) is 0 Å². The molecule has 0 N–H and O–H groups in total. The maximum atomic E-state index is 12.5. The van der Waals surface area contributed by atoms with Crippen LogP contribution in [0.5, 0.6) is 0 Å². The molecular weight excluding hydrogens is 282 g/mol. The van der Waals surface area contributed by atoms with E-state index in [1.165, 1.54) is 0 Å². The second-order valence-electron chi connectivity index (χ2n) is 4.76. The van der Waals surface area contributed by atoms with Crippen LogP contribution in [0.15, 0.2) is 40.8 Å². The topological polar surface area (TPSA) is 37.4 Å². The highest BCUT2D eigenvalue weighted by Gasteiger charge is 2.25. The van der Waals surface area contributed by atoms with Gasteiger partial charge in [-0.3, -0.25) is 0 Å². The molecule has 0 spiro atoms. The van der Waals surface area contributed by atoms with E-state index in [2.05, 4.69) is 6.08 Å². The quantitative estimate of drug-likeness (QED) is 0.633. The fraction of sp³-hybridized carbons (Fsp3) is 0.429. The number of alkyl halides is 1. The van der Waals surface area contributed by atoms with E-state index in [1.54, 1.807) is 16.4 Å². The second kappa shape index (κ2) is 6.07. The third-order valence-corrected chi connectivity index (χ3v) is 5.29. The summed E-state index contributed by atoms with van der Waals surface area (Å²) in [7, 11) is -3.37. The summed E-state index contributed by atoms with van der Waals surface area (Å²) in [5.74, 6) is 0.544. The van der Waals surface area contributed by atoms with Gasteiger partial charge in [0, 0.05) is 19.0 Å². The van der Waals surface area contributed by atoms with E-state index in [-0.39, 0.29) is 0 Å². The molecule has 0 atom stereocenters. The van der Waals surface area contributed by atoms with Gasteiger partial charge in [-0.05, 0) is 37.5 Å². The summed E-state index contributed by atoms with van der Waals surface area (Å²) in [5.41, 5.74) is 2.16. The van der Waals surface area contributed by atoms with Crippen molar-refractivity contribution in [3.8, 4) is 0 Å². The van der Waals surface area contributed by atoms with Crippen LogP contribution in [-0.4, -0.2) is 31.7 Å². The Balaban J connectivity index is 2.22. The van der Waals surface area contributed by atoms with Crippen molar-refractivity contribution < 1.29 is 8.42 Å². The van der Waals surface area contributed by atoms with Crippen LogP contribution in [0.25, 0.3) is 0 Å². The lowest BCUT2D eigenvalue weighted by molar-refractivity contribution is 0.428. The summed E-state index contributed by atoms with van der Waals surface area (Å²) in [4.78, 5) is 0.362. The molecule has 2 rings (SSSR count). The molecule has 0 fully saturated rings. The number of rotatable bonds is 4. The molecule has 5 heteroatoms. The summed E-state index contributed by atoms with van der Waals surface area (Å²) in [6.07, 6.45) is 3.64. The molecule has 0 saturated carbocycles. The van der Waals surface area contributed by atoms with Crippen LogP contribution < -0.4 is 0 Å². The van der Waals surface area contributed by atoms with Gasteiger partial charge in [-0.25, -0.2) is 8.42 Å². The van der Waals surface area contributed by atoms with Crippen LogP contribution in [0.1, 0.15) is 18.9 Å². The van der Waals surface area contributed by atoms with Gasteiger partial charge in [0.05, 0.1) is 4.90 Å². The van der Waals surface area contributed by atoms with E-state index >= 15 is 0 Å². The predicted molar refractivity (Wildman–Crippen MR) is 78.0 cm³/mol. The average Bonchev–Trinajstić information content (AvgIpc) is 2.40. The first kappa shape index (κ1) is 14.6. The molecule has 0 amide bonds.